The van der Waals surface area contributed by atoms with Crippen LogP contribution < -0.4 is 11.1 Å². The molecule has 1 aromatic carbocycles. The number of pyridine rings is 1. The molecule has 0 aliphatic rings. The smallest absolute Gasteiger partial charge is 0.441 e. The molecule has 2 aromatic heterocycles. The lowest BCUT2D eigenvalue weighted by atomic mass is 10.0. The van der Waals surface area contributed by atoms with Crippen LogP contribution in [0.1, 0.15) is 28.8 Å². The molecule has 0 bridgehead atoms. The van der Waals surface area contributed by atoms with E-state index in [0.29, 0.717) is 6.42 Å². The molecule has 2 heterocycles. The van der Waals surface area contributed by atoms with Crippen LogP contribution in [-0.4, -0.2) is 11.1 Å². The van der Waals surface area contributed by atoms with E-state index in [4.69, 9.17) is 13.6 Å². The summed E-state index contributed by atoms with van der Waals surface area (Å²) in [4.78, 5) is 27.5. The molecule has 1 amide bonds. The lowest BCUT2D eigenvalue weighted by Crippen LogP contribution is -2.30. The highest BCUT2D eigenvalue weighted by Gasteiger charge is 2.18. The van der Waals surface area contributed by atoms with Crippen molar-refractivity contribution in [2.45, 2.75) is 26.0 Å². The minimum absolute atomic E-state index is 0.186. The first-order valence-electron chi connectivity index (χ1n) is 8.09. The largest absolute Gasteiger partial charge is 0.519 e. The summed E-state index contributed by atoms with van der Waals surface area (Å²) in [6.07, 6.45) is 1.59. The molecule has 1 unspecified atom stereocenters. The minimum Gasteiger partial charge on any atom is -0.441 e. The Morgan fingerprint density at radius 1 is 1.15 bits per heavy atom. The summed E-state index contributed by atoms with van der Waals surface area (Å²) in [5.41, 5.74) is 1.78. The van der Waals surface area contributed by atoms with Crippen molar-refractivity contribution < 1.29 is 18.4 Å². The molecule has 0 aliphatic heterocycles. The summed E-state index contributed by atoms with van der Waals surface area (Å²) >= 11 is 0. The zero-order chi connectivity index (χ0) is 18.4. The second kappa shape index (κ2) is 8.15. The number of ether oxygens (including phenoxy) is 1. The van der Waals surface area contributed by atoms with Gasteiger partial charge in [-0.25, -0.2) is 9.59 Å². The van der Waals surface area contributed by atoms with Crippen molar-refractivity contribution in [3.63, 3.8) is 0 Å². The highest BCUT2D eigenvalue weighted by atomic mass is 16.6. The summed E-state index contributed by atoms with van der Waals surface area (Å²) in [6.45, 7) is 1.38. The monoisotopic (exact) mass is 354 g/mol. The Morgan fingerprint density at radius 3 is 2.58 bits per heavy atom. The summed E-state index contributed by atoms with van der Waals surface area (Å²) in [6, 6.07) is 14.9. The summed E-state index contributed by atoms with van der Waals surface area (Å²) < 4.78 is 14.7. The van der Waals surface area contributed by atoms with Crippen LogP contribution in [0.25, 0.3) is 0 Å². The second-order valence-corrected chi connectivity index (χ2v) is 5.64. The average Bonchev–Trinajstić information content (AvgIpc) is 2.98. The molecule has 0 spiro atoms. The molecule has 0 aliphatic carbocycles. The number of amides is 1. The Morgan fingerprint density at radius 2 is 1.92 bits per heavy atom. The Bertz CT molecular complexity index is 902. The van der Waals surface area contributed by atoms with Crippen LogP contribution in [0, 0.1) is 6.92 Å². The third-order valence-corrected chi connectivity index (χ3v) is 3.80. The van der Waals surface area contributed by atoms with E-state index >= 15 is 0 Å². The van der Waals surface area contributed by atoms with Gasteiger partial charge in [0.1, 0.15) is 0 Å². The predicted octanol–water partition coefficient (Wildman–Crippen LogP) is 3.15. The zero-order valence-electron chi connectivity index (χ0n) is 14.2. The fraction of sp³-hybridized carbons (Fsp3) is 0.211. The molecule has 7 heteroatoms. The van der Waals surface area contributed by atoms with Crippen LogP contribution in [0.5, 0.6) is 0 Å². The van der Waals surface area contributed by atoms with E-state index in [1.807, 2.05) is 48.5 Å². The molecule has 0 saturated carbocycles. The first-order chi connectivity index (χ1) is 12.6. The van der Waals surface area contributed by atoms with Crippen LogP contribution >= 0.6 is 0 Å². The van der Waals surface area contributed by atoms with Gasteiger partial charge in [-0.05, 0) is 24.6 Å². The van der Waals surface area contributed by atoms with Crippen molar-refractivity contribution in [3.8, 4) is 0 Å². The molecular formula is C19H18N2O5. The maximum Gasteiger partial charge on any atom is 0.519 e. The van der Waals surface area contributed by atoms with Gasteiger partial charge in [0, 0.05) is 18.3 Å². The van der Waals surface area contributed by atoms with Crippen LogP contribution in [0.3, 0.4) is 0 Å². The highest BCUT2D eigenvalue weighted by molar-refractivity contribution is 5.68. The standard InChI is InChI=1S/C19H18N2O5/c1-13-17(26-19(23)25-13)12-24-18(22)21-16(14-7-3-2-4-8-14)11-15-9-5-6-10-20-15/h2-10,16H,11-12H2,1H3,(H,21,22). The van der Waals surface area contributed by atoms with Gasteiger partial charge in [-0.2, -0.15) is 0 Å². The molecule has 0 radical (unpaired) electrons. The van der Waals surface area contributed by atoms with Gasteiger partial charge in [-0.1, -0.05) is 36.4 Å². The van der Waals surface area contributed by atoms with Crippen molar-refractivity contribution in [1.82, 2.24) is 10.3 Å². The van der Waals surface area contributed by atoms with Crippen molar-refractivity contribution in [3.05, 3.63) is 88.1 Å². The normalized spacial score (nSPS) is 11.7. The average molecular weight is 354 g/mol. The van der Waals surface area contributed by atoms with Crippen LogP contribution in [0.2, 0.25) is 0 Å². The fourth-order valence-electron chi connectivity index (χ4n) is 2.49. The van der Waals surface area contributed by atoms with Gasteiger partial charge in [0.05, 0.1) is 6.04 Å². The van der Waals surface area contributed by atoms with Gasteiger partial charge in [0.2, 0.25) is 0 Å². The number of rotatable bonds is 6. The Labute approximate surface area is 149 Å². The van der Waals surface area contributed by atoms with Crippen LogP contribution in [0.15, 0.2) is 68.4 Å². The number of carbonyl (C=O) groups excluding carboxylic acids is 1. The van der Waals surface area contributed by atoms with E-state index in [1.54, 1.807) is 13.1 Å². The second-order valence-electron chi connectivity index (χ2n) is 5.64. The molecular weight excluding hydrogens is 336 g/mol. The molecule has 134 valence electrons. The molecule has 3 aromatic rings. The molecule has 26 heavy (non-hydrogen) atoms. The van der Waals surface area contributed by atoms with E-state index in [9.17, 15) is 9.59 Å². The molecule has 7 nitrogen and oxygen atoms in total. The molecule has 3 rings (SSSR count). The number of hydrogen-bond donors (Lipinski definition) is 1. The molecule has 0 fully saturated rings. The van der Waals surface area contributed by atoms with Crippen molar-refractivity contribution in [2.75, 3.05) is 0 Å². The number of carbonyl (C=O) groups is 1. The van der Waals surface area contributed by atoms with Gasteiger partial charge >= 0.3 is 11.9 Å². The van der Waals surface area contributed by atoms with Gasteiger partial charge in [-0.3, -0.25) is 4.98 Å². The number of benzene rings is 1. The van der Waals surface area contributed by atoms with Crippen molar-refractivity contribution in [2.24, 2.45) is 0 Å². The predicted molar refractivity (Wildman–Crippen MR) is 92.4 cm³/mol. The summed E-state index contributed by atoms with van der Waals surface area (Å²) in [5.74, 6) is -0.346. The first-order valence-corrected chi connectivity index (χ1v) is 8.09. The lowest BCUT2D eigenvalue weighted by Gasteiger charge is -2.18. The maximum absolute atomic E-state index is 12.2. The van der Waals surface area contributed by atoms with Gasteiger partial charge < -0.3 is 18.9 Å². The quantitative estimate of drug-likeness (QED) is 0.731. The highest BCUT2D eigenvalue weighted by Crippen LogP contribution is 2.18. The summed E-state index contributed by atoms with van der Waals surface area (Å²) in [5, 5.41) is 2.83. The first kappa shape index (κ1) is 17.5. The Balaban J connectivity index is 1.67. The Hall–Kier alpha value is -3.35. The molecule has 0 saturated heterocycles. The van der Waals surface area contributed by atoms with E-state index in [0.717, 1.165) is 11.3 Å². The van der Waals surface area contributed by atoms with Gasteiger partial charge in [0.25, 0.3) is 0 Å². The number of aromatic nitrogens is 1. The SMILES string of the molecule is Cc1oc(=O)oc1COC(=O)NC(Cc1ccccn1)c1ccccc1. The molecule has 1 N–H and O–H groups in total. The number of hydrogen-bond acceptors (Lipinski definition) is 6. The fourth-order valence-corrected chi connectivity index (χ4v) is 2.49. The van der Waals surface area contributed by atoms with E-state index in [-0.39, 0.29) is 24.2 Å². The number of nitrogens with zero attached hydrogens (tertiary/aromatic N) is 1. The topological polar surface area (TPSA) is 94.6 Å². The number of nitrogens with one attached hydrogen (secondary N) is 1. The lowest BCUT2D eigenvalue weighted by molar-refractivity contribution is 0.126. The van der Waals surface area contributed by atoms with Crippen LogP contribution in [0.4, 0.5) is 4.79 Å². The molecule has 1 atom stereocenters. The third kappa shape index (κ3) is 4.60. The van der Waals surface area contributed by atoms with Crippen molar-refractivity contribution >= 4 is 6.09 Å². The van der Waals surface area contributed by atoms with Crippen LogP contribution in [-0.2, 0) is 17.8 Å². The number of aryl methyl sites for hydroxylation is 1. The maximum atomic E-state index is 12.2. The van der Waals surface area contributed by atoms with Gasteiger partial charge in [0.15, 0.2) is 18.1 Å². The third-order valence-electron chi connectivity index (χ3n) is 3.80. The van der Waals surface area contributed by atoms with E-state index in [2.05, 4.69) is 10.3 Å². The van der Waals surface area contributed by atoms with Gasteiger partial charge in [-0.15, -0.1) is 0 Å². The number of alkyl carbamates (subject to hydrolysis) is 1. The van der Waals surface area contributed by atoms with E-state index < -0.39 is 11.9 Å². The Kier molecular flexibility index (Phi) is 5.48. The zero-order valence-corrected chi connectivity index (χ0v) is 14.2. The van der Waals surface area contributed by atoms with E-state index in [1.165, 1.54) is 0 Å². The summed E-state index contributed by atoms with van der Waals surface area (Å²) in [7, 11) is 0. The van der Waals surface area contributed by atoms with Crippen molar-refractivity contribution in [1.29, 1.82) is 0 Å². The minimum atomic E-state index is -0.821.